The number of halogens is 1. The molecule has 3 rings (SSSR count). The number of nitrogens with zero attached hydrogens (tertiary/aromatic N) is 1. The molecule has 0 spiro atoms. The van der Waals surface area contributed by atoms with Crippen LogP contribution in [0.2, 0.25) is 5.02 Å². The van der Waals surface area contributed by atoms with E-state index in [1.807, 2.05) is 12.1 Å². The van der Waals surface area contributed by atoms with Crippen molar-refractivity contribution in [2.24, 2.45) is 0 Å². The summed E-state index contributed by atoms with van der Waals surface area (Å²) in [5, 5.41) is 10.8. The molecule has 0 heterocycles. The van der Waals surface area contributed by atoms with Crippen LogP contribution in [-0.4, -0.2) is 29.0 Å². The van der Waals surface area contributed by atoms with Crippen LogP contribution >= 0.6 is 11.6 Å². The van der Waals surface area contributed by atoms with E-state index in [2.05, 4.69) is 12.1 Å². The van der Waals surface area contributed by atoms with Gasteiger partial charge in [-0.3, -0.25) is 4.79 Å². The van der Waals surface area contributed by atoms with Gasteiger partial charge in [-0.15, -0.1) is 0 Å². The Morgan fingerprint density at radius 1 is 1.18 bits per heavy atom. The fourth-order valence-electron chi connectivity index (χ4n) is 3.00. The molecular weight excluding hydrogens is 298 g/mol. The molecule has 0 saturated heterocycles. The Morgan fingerprint density at radius 2 is 1.82 bits per heavy atom. The van der Waals surface area contributed by atoms with Gasteiger partial charge in [0.25, 0.3) is 5.91 Å². The molecule has 1 amide bonds. The van der Waals surface area contributed by atoms with E-state index in [-0.39, 0.29) is 11.9 Å². The summed E-state index contributed by atoms with van der Waals surface area (Å²) < 4.78 is 0. The van der Waals surface area contributed by atoms with Crippen molar-refractivity contribution in [2.75, 3.05) is 7.05 Å². The van der Waals surface area contributed by atoms with Gasteiger partial charge in [0.05, 0.1) is 0 Å². The molecule has 4 heteroatoms. The van der Waals surface area contributed by atoms with Gasteiger partial charge >= 0.3 is 0 Å². The zero-order valence-electron chi connectivity index (χ0n) is 12.4. The van der Waals surface area contributed by atoms with E-state index in [0.29, 0.717) is 10.6 Å². The first kappa shape index (κ1) is 15.1. The first-order valence-electron chi connectivity index (χ1n) is 7.33. The summed E-state index contributed by atoms with van der Waals surface area (Å²) in [4.78, 5) is 14.2. The third-order valence-electron chi connectivity index (χ3n) is 4.32. The van der Waals surface area contributed by atoms with Gasteiger partial charge < -0.3 is 10.0 Å². The maximum Gasteiger partial charge on any atom is 0.256 e. The van der Waals surface area contributed by atoms with Gasteiger partial charge in [-0.1, -0.05) is 48.0 Å². The van der Waals surface area contributed by atoms with E-state index >= 15 is 0 Å². The Balaban J connectivity index is 1.73. The summed E-state index contributed by atoms with van der Waals surface area (Å²) in [6.45, 7) is 0. The maximum atomic E-state index is 12.5. The molecule has 1 aliphatic carbocycles. The number of rotatable bonds is 3. The standard InChI is InChI=1S/C18H18ClNO2/c1-20(16-10-12-5-2-3-6-13(12)11-16)18(22)17(21)14-7-4-8-15(19)9-14/h2-9,16-17,21H,10-11H2,1H3. The number of aliphatic hydroxyl groups is 1. The van der Waals surface area contributed by atoms with Crippen molar-refractivity contribution in [3.63, 3.8) is 0 Å². The van der Waals surface area contributed by atoms with Gasteiger partial charge in [-0.05, 0) is 41.7 Å². The molecule has 22 heavy (non-hydrogen) atoms. The number of carbonyl (C=O) groups excluding carboxylic acids is 1. The lowest BCUT2D eigenvalue weighted by molar-refractivity contribution is -0.141. The number of hydrogen-bond donors (Lipinski definition) is 1. The van der Waals surface area contributed by atoms with Gasteiger partial charge in [0.2, 0.25) is 0 Å². The Hall–Kier alpha value is -1.84. The van der Waals surface area contributed by atoms with Crippen LogP contribution in [0.3, 0.4) is 0 Å². The van der Waals surface area contributed by atoms with Crippen LogP contribution in [0, 0.1) is 0 Å². The molecule has 3 nitrogen and oxygen atoms in total. The van der Waals surface area contributed by atoms with Crippen LogP contribution in [0.15, 0.2) is 48.5 Å². The van der Waals surface area contributed by atoms with Crippen LogP contribution in [0.1, 0.15) is 22.8 Å². The fraction of sp³-hybridized carbons (Fsp3) is 0.278. The summed E-state index contributed by atoms with van der Waals surface area (Å²) in [7, 11) is 1.76. The van der Waals surface area contributed by atoms with E-state index in [9.17, 15) is 9.90 Å². The lowest BCUT2D eigenvalue weighted by atomic mass is 10.1. The Labute approximate surface area is 135 Å². The van der Waals surface area contributed by atoms with E-state index in [0.717, 1.165) is 12.8 Å². The molecule has 2 aromatic rings. The monoisotopic (exact) mass is 315 g/mol. The number of benzene rings is 2. The van der Waals surface area contributed by atoms with E-state index in [1.54, 1.807) is 36.2 Å². The third-order valence-corrected chi connectivity index (χ3v) is 4.56. The van der Waals surface area contributed by atoms with Crippen molar-refractivity contribution in [3.8, 4) is 0 Å². The second-order valence-electron chi connectivity index (χ2n) is 5.74. The first-order valence-corrected chi connectivity index (χ1v) is 7.71. The van der Waals surface area contributed by atoms with Crippen molar-refractivity contribution in [2.45, 2.75) is 25.0 Å². The zero-order chi connectivity index (χ0) is 15.7. The number of likely N-dealkylation sites (N-methyl/N-ethyl adjacent to an activating group) is 1. The molecule has 0 bridgehead atoms. The normalized spacial score (nSPS) is 15.4. The second-order valence-corrected chi connectivity index (χ2v) is 6.17. The molecule has 114 valence electrons. The summed E-state index contributed by atoms with van der Waals surface area (Å²) in [5.41, 5.74) is 3.09. The zero-order valence-corrected chi connectivity index (χ0v) is 13.1. The minimum atomic E-state index is -1.17. The average Bonchev–Trinajstić information content (AvgIpc) is 2.96. The fourth-order valence-corrected chi connectivity index (χ4v) is 3.20. The minimum absolute atomic E-state index is 0.0961. The van der Waals surface area contributed by atoms with Gasteiger partial charge in [-0.25, -0.2) is 0 Å². The Kier molecular flexibility index (Phi) is 4.19. The molecule has 0 fully saturated rings. The summed E-state index contributed by atoms with van der Waals surface area (Å²) >= 11 is 5.93. The predicted molar refractivity (Wildman–Crippen MR) is 86.8 cm³/mol. The number of amides is 1. The Morgan fingerprint density at radius 3 is 2.41 bits per heavy atom. The maximum absolute atomic E-state index is 12.5. The summed E-state index contributed by atoms with van der Waals surface area (Å²) in [6, 6.07) is 15.1. The quantitative estimate of drug-likeness (QED) is 0.946. The molecule has 2 aromatic carbocycles. The van der Waals surface area contributed by atoms with Gasteiger partial charge in [0.1, 0.15) is 0 Å². The third kappa shape index (κ3) is 2.87. The number of carbonyl (C=O) groups is 1. The van der Waals surface area contributed by atoms with Crippen molar-refractivity contribution in [3.05, 3.63) is 70.2 Å². The highest BCUT2D eigenvalue weighted by Gasteiger charge is 2.30. The average molecular weight is 316 g/mol. The van der Waals surface area contributed by atoms with Gasteiger partial charge in [0, 0.05) is 18.1 Å². The molecule has 1 atom stereocenters. The SMILES string of the molecule is CN(C(=O)C(O)c1cccc(Cl)c1)C1Cc2ccccc2C1. The second kappa shape index (κ2) is 6.11. The van der Waals surface area contributed by atoms with Crippen molar-refractivity contribution >= 4 is 17.5 Å². The lowest BCUT2D eigenvalue weighted by Gasteiger charge is -2.27. The van der Waals surface area contributed by atoms with Crippen LogP contribution in [0.4, 0.5) is 0 Å². The molecule has 0 aromatic heterocycles. The number of hydrogen-bond acceptors (Lipinski definition) is 2. The highest BCUT2D eigenvalue weighted by atomic mass is 35.5. The lowest BCUT2D eigenvalue weighted by Crippen LogP contribution is -2.40. The molecule has 1 unspecified atom stereocenters. The topological polar surface area (TPSA) is 40.5 Å². The molecule has 1 aliphatic rings. The first-order chi connectivity index (χ1) is 10.6. The smallest absolute Gasteiger partial charge is 0.256 e. The van der Waals surface area contributed by atoms with Gasteiger partial charge in [0.15, 0.2) is 6.10 Å². The molecule has 0 aliphatic heterocycles. The predicted octanol–water partition coefficient (Wildman–Crippen LogP) is 3.00. The number of aliphatic hydroxyl groups excluding tert-OH is 1. The summed E-state index contributed by atoms with van der Waals surface area (Å²) in [5.74, 6) is -0.292. The van der Waals surface area contributed by atoms with E-state index in [4.69, 9.17) is 11.6 Å². The molecule has 0 saturated carbocycles. The van der Waals surface area contributed by atoms with E-state index in [1.165, 1.54) is 11.1 Å². The van der Waals surface area contributed by atoms with Crippen molar-refractivity contribution in [1.29, 1.82) is 0 Å². The number of fused-ring (bicyclic) bond motifs is 1. The van der Waals surface area contributed by atoms with Crippen molar-refractivity contribution < 1.29 is 9.90 Å². The highest BCUT2D eigenvalue weighted by Crippen LogP contribution is 2.27. The minimum Gasteiger partial charge on any atom is -0.378 e. The Bertz CT molecular complexity index is 676. The molecular formula is C18H18ClNO2. The molecule has 1 N–H and O–H groups in total. The largest absolute Gasteiger partial charge is 0.378 e. The van der Waals surface area contributed by atoms with E-state index < -0.39 is 6.10 Å². The van der Waals surface area contributed by atoms with Crippen LogP contribution in [0.5, 0.6) is 0 Å². The van der Waals surface area contributed by atoms with Gasteiger partial charge in [-0.2, -0.15) is 0 Å². The summed E-state index contributed by atoms with van der Waals surface area (Å²) in [6.07, 6.45) is 0.494. The highest BCUT2D eigenvalue weighted by molar-refractivity contribution is 6.30. The van der Waals surface area contributed by atoms with Crippen LogP contribution in [0.25, 0.3) is 0 Å². The van der Waals surface area contributed by atoms with Crippen molar-refractivity contribution in [1.82, 2.24) is 4.90 Å². The van der Waals surface area contributed by atoms with Crippen LogP contribution < -0.4 is 0 Å². The molecule has 0 radical (unpaired) electrons. The van der Waals surface area contributed by atoms with Crippen LogP contribution in [-0.2, 0) is 17.6 Å².